The third-order valence-electron chi connectivity index (χ3n) is 5.63. The minimum Gasteiger partial charge on any atom is -0.481 e. The summed E-state index contributed by atoms with van der Waals surface area (Å²) in [5.74, 6) is -0.804. The molecule has 3 aromatic carbocycles. The third kappa shape index (κ3) is 6.15. The van der Waals surface area contributed by atoms with E-state index < -0.39 is 27.6 Å². The molecule has 0 amide bonds. The molecule has 4 rings (SSSR count). The smallest absolute Gasteiger partial charge is 0.335 e. The molecule has 0 bridgehead atoms. The number of carboxylic acid groups (broad SMARTS) is 1. The summed E-state index contributed by atoms with van der Waals surface area (Å²) in [6.07, 6.45) is 1.30. The zero-order chi connectivity index (χ0) is 28.5. The quantitative estimate of drug-likeness (QED) is 0.149. The van der Waals surface area contributed by atoms with Gasteiger partial charge in [-0.1, -0.05) is 60.4 Å². The standard InChI is InChI=1S/C27H22BrClN4O6/c1-27(2,3)26-31-21-9-8-18(28)12-19(21)24(34)32(26)30-13-16-10-20(29)23(22(11-16)33(37)38)39-14-15-4-6-17(7-5-15)25(35)36/h4-13H,14H2,1-3H3,(H,35,36). The van der Waals surface area contributed by atoms with E-state index in [2.05, 4.69) is 26.0 Å². The summed E-state index contributed by atoms with van der Waals surface area (Å²) in [5, 5.41) is 25.5. The van der Waals surface area contributed by atoms with Gasteiger partial charge in [0.05, 0.1) is 32.6 Å². The fourth-order valence-corrected chi connectivity index (χ4v) is 4.36. The van der Waals surface area contributed by atoms with Crippen molar-refractivity contribution in [3.8, 4) is 5.75 Å². The fraction of sp³-hybridized carbons (Fsp3) is 0.185. The van der Waals surface area contributed by atoms with E-state index >= 15 is 0 Å². The minimum atomic E-state index is -1.07. The number of fused-ring (bicyclic) bond motifs is 1. The number of rotatable bonds is 7. The highest BCUT2D eigenvalue weighted by molar-refractivity contribution is 9.10. The van der Waals surface area contributed by atoms with Crippen LogP contribution in [0.5, 0.6) is 5.75 Å². The van der Waals surface area contributed by atoms with Gasteiger partial charge in [-0.3, -0.25) is 14.9 Å². The highest BCUT2D eigenvalue weighted by Crippen LogP contribution is 2.36. The number of nitro benzene ring substituents is 1. The average Bonchev–Trinajstić information content (AvgIpc) is 2.87. The van der Waals surface area contributed by atoms with Crippen molar-refractivity contribution in [3.05, 3.63) is 107 Å². The van der Waals surface area contributed by atoms with Gasteiger partial charge in [0, 0.05) is 21.5 Å². The molecule has 0 atom stereocenters. The SMILES string of the molecule is CC(C)(C)c1nc2ccc(Br)cc2c(=O)n1N=Cc1cc(Cl)c(OCc2ccc(C(=O)O)cc2)c([N+](=O)[O-])c1. The van der Waals surface area contributed by atoms with Crippen molar-refractivity contribution < 1.29 is 19.6 Å². The molecular formula is C27H22BrClN4O6. The van der Waals surface area contributed by atoms with Gasteiger partial charge in [-0.2, -0.15) is 9.78 Å². The first-order valence-corrected chi connectivity index (χ1v) is 12.7. The Hall–Kier alpha value is -4.09. The summed E-state index contributed by atoms with van der Waals surface area (Å²) >= 11 is 9.74. The summed E-state index contributed by atoms with van der Waals surface area (Å²) in [7, 11) is 0. The van der Waals surface area contributed by atoms with Gasteiger partial charge >= 0.3 is 11.7 Å². The Morgan fingerprint density at radius 1 is 1.21 bits per heavy atom. The molecule has 10 nitrogen and oxygen atoms in total. The maximum absolute atomic E-state index is 13.3. The van der Waals surface area contributed by atoms with E-state index in [-0.39, 0.29) is 28.5 Å². The predicted octanol–water partition coefficient (Wildman–Crippen LogP) is 6.18. The highest BCUT2D eigenvalue weighted by Gasteiger charge is 2.24. The van der Waals surface area contributed by atoms with E-state index in [1.807, 2.05) is 20.8 Å². The number of carboxylic acids is 1. The first-order chi connectivity index (χ1) is 18.3. The number of benzene rings is 3. The van der Waals surface area contributed by atoms with E-state index in [0.717, 1.165) is 0 Å². The van der Waals surface area contributed by atoms with Crippen molar-refractivity contribution in [2.75, 3.05) is 0 Å². The van der Waals surface area contributed by atoms with Gasteiger partial charge in [0.25, 0.3) is 5.56 Å². The monoisotopic (exact) mass is 612 g/mol. The summed E-state index contributed by atoms with van der Waals surface area (Å²) in [4.78, 5) is 40.2. The lowest BCUT2D eigenvalue weighted by Gasteiger charge is -2.20. The Balaban J connectivity index is 1.71. The fourth-order valence-electron chi connectivity index (χ4n) is 3.72. The first kappa shape index (κ1) is 27.9. The summed E-state index contributed by atoms with van der Waals surface area (Å²) in [5.41, 5.74) is 0.173. The van der Waals surface area contributed by atoms with Gasteiger partial charge in [0.15, 0.2) is 0 Å². The van der Waals surface area contributed by atoms with Gasteiger partial charge in [0.1, 0.15) is 12.4 Å². The lowest BCUT2D eigenvalue weighted by molar-refractivity contribution is -0.385. The number of ether oxygens (including phenoxy) is 1. The molecule has 0 aliphatic rings. The maximum Gasteiger partial charge on any atom is 0.335 e. The normalized spacial score (nSPS) is 11.7. The summed E-state index contributed by atoms with van der Waals surface area (Å²) < 4.78 is 7.53. The number of aromatic nitrogens is 2. The summed E-state index contributed by atoms with van der Waals surface area (Å²) in [6.45, 7) is 5.62. The average molecular weight is 614 g/mol. The first-order valence-electron chi connectivity index (χ1n) is 11.6. The third-order valence-corrected chi connectivity index (χ3v) is 6.40. The highest BCUT2D eigenvalue weighted by atomic mass is 79.9. The van der Waals surface area contributed by atoms with Gasteiger partial charge < -0.3 is 9.84 Å². The van der Waals surface area contributed by atoms with Gasteiger partial charge in [-0.25, -0.2) is 9.78 Å². The molecule has 200 valence electrons. The van der Waals surface area contributed by atoms with Crippen molar-refractivity contribution >= 4 is 56.3 Å². The van der Waals surface area contributed by atoms with Crippen molar-refractivity contribution in [3.63, 3.8) is 0 Å². The number of carbonyl (C=O) groups is 1. The summed E-state index contributed by atoms with van der Waals surface area (Å²) in [6, 6.07) is 13.8. The Labute approximate surface area is 235 Å². The van der Waals surface area contributed by atoms with E-state index in [1.54, 1.807) is 30.3 Å². The van der Waals surface area contributed by atoms with Crippen LogP contribution in [0, 0.1) is 10.1 Å². The molecule has 1 aromatic heterocycles. The van der Waals surface area contributed by atoms with Crippen molar-refractivity contribution in [2.24, 2.45) is 5.10 Å². The van der Waals surface area contributed by atoms with E-state index in [1.165, 1.54) is 35.2 Å². The molecule has 0 fully saturated rings. The van der Waals surface area contributed by atoms with Crippen LogP contribution in [0.25, 0.3) is 10.9 Å². The van der Waals surface area contributed by atoms with E-state index in [0.29, 0.717) is 26.8 Å². The van der Waals surface area contributed by atoms with Crippen LogP contribution in [-0.2, 0) is 12.0 Å². The second kappa shape index (κ2) is 11.0. The Kier molecular flexibility index (Phi) is 7.84. The molecule has 0 unspecified atom stereocenters. The van der Waals surface area contributed by atoms with Gasteiger partial charge in [-0.05, 0) is 42.0 Å². The molecule has 39 heavy (non-hydrogen) atoms. The van der Waals surface area contributed by atoms with Crippen LogP contribution < -0.4 is 10.3 Å². The molecule has 1 heterocycles. The van der Waals surface area contributed by atoms with Crippen LogP contribution >= 0.6 is 27.5 Å². The van der Waals surface area contributed by atoms with Crippen LogP contribution in [-0.4, -0.2) is 31.9 Å². The van der Waals surface area contributed by atoms with Crippen LogP contribution in [0.3, 0.4) is 0 Å². The Morgan fingerprint density at radius 2 is 1.90 bits per heavy atom. The zero-order valence-electron chi connectivity index (χ0n) is 21.0. The molecule has 1 N–H and O–H groups in total. The molecular weight excluding hydrogens is 592 g/mol. The van der Waals surface area contributed by atoms with Crippen LogP contribution in [0.2, 0.25) is 5.02 Å². The van der Waals surface area contributed by atoms with E-state index in [9.17, 15) is 19.7 Å². The molecule has 4 aromatic rings. The van der Waals surface area contributed by atoms with Gasteiger partial charge in [0.2, 0.25) is 5.75 Å². The van der Waals surface area contributed by atoms with Crippen LogP contribution in [0.15, 0.2) is 69.0 Å². The van der Waals surface area contributed by atoms with Crippen molar-refractivity contribution in [2.45, 2.75) is 32.8 Å². The Bertz CT molecular complexity index is 1690. The van der Waals surface area contributed by atoms with Crippen molar-refractivity contribution in [1.82, 2.24) is 9.66 Å². The van der Waals surface area contributed by atoms with Crippen LogP contribution in [0.4, 0.5) is 5.69 Å². The number of hydrogen-bond donors (Lipinski definition) is 1. The molecule has 0 radical (unpaired) electrons. The van der Waals surface area contributed by atoms with E-state index in [4.69, 9.17) is 21.4 Å². The second-order valence-corrected chi connectivity index (χ2v) is 10.9. The zero-order valence-corrected chi connectivity index (χ0v) is 23.4. The second-order valence-electron chi connectivity index (χ2n) is 9.61. The Morgan fingerprint density at radius 3 is 2.51 bits per heavy atom. The molecule has 0 saturated carbocycles. The van der Waals surface area contributed by atoms with Crippen LogP contribution in [0.1, 0.15) is 48.1 Å². The largest absolute Gasteiger partial charge is 0.481 e. The van der Waals surface area contributed by atoms with Gasteiger partial charge in [-0.15, -0.1) is 0 Å². The minimum absolute atomic E-state index is 0.0308. The molecule has 0 aliphatic carbocycles. The number of nitrogens with zero attached hydrogens (tertiary/aromatic N) is 4. The number of nitro groups is 1. The molecule has 12 heteroatoms. The number of halogens is 2. The number of hydrogen-bond acceptors (Lipinski definition) is 7. The molecule has 0 saturated heterocycles. The number of aromatic carboxylic acids is 1. The lowest BCUT2D eigenvalue weighted by Crippen LogP contribution is -2.29. The molecule has 0 spiro atoms. The predicted molar refractivity (Wildman–Crippen MR) is 151 cm³/mol. The lowest BCUT2D eigenvalue weighted by atomic mass is 9.95. The molecule has 0 aliphatic heterocycles. The van der Waals surface area contributed by atoms with Crippen molar-refractivity contribution in [1.29, 1.82) is 0 Å². The maximum atomic E-state index is 13.3. The topological polar surface area (TPSA) is 137 Å².